The van der Waals surface area contributed by atoms with E-state index in [1.54, 1.807) is 19.1 Å². The van der Waals surface area contributed by atoms with E-state index < -0.39 is 9.84 Å². The second-order valence-corrected chi connectivity index (χ2v) is 10.1. The number of hydrogen-bond acceptors (Lipinski definition) is 4. The topological polar surface area (TPSA) is 54.5 Å². The van der Waals surface area contributed by atoms with Crippen molar-refractivity contribution in [3.05, 3.63) is 42.0 Å². The molecule has 0 unspecified atom stereocenters. The highest BCUT2D eigenvalue weighted by molar-refractivity contribution is 7.93. The largest absolute Gasteiger partial charge is 0.334 e. The second kappa shape index (κ2) is 7.70. The van der Waals surface area contributed by atoms with Crippen LogP contribution in [0.15, 0.2) is 40.6 Å². The van der Waals surface area contributed by atoms with Crippen molar-refractivity contribution in [2.75, 3.05) is 5.75 Å². The van der Waals surface area contributed by atoms with E-state index in [-0.39, 0.29) is 23.7 Å². The Morgan fingerprint density at radius 3 is 2.20 bits per heavy atom. The third-order valence-electron chi connectivity index (χ3n) is 4.04. The number of carbonyl (C=O) groups is 1. The summed E-state index contributed by atoms with van der Waals surface area (Å²) in [7, 11) is -3.24. The van der Waals surface area contributed by atoms with E-state index >= 15 is 0 Å². The van der Waals surface area contributed by atoms with Crippen LogP contribution in [0.1, 0.15) is 45.0 Å². The number of hydrogen-bond donors (Lipinski definition) is 0. The summed E-state index contributed by atoms with van der Waals surface area (Å²) in [6.07, 6.45) is 0. The van der Waals surface area contributed by atoms with Crippen LogP contribution in [0.5, 0.6) is 0 Å². The molecule has 0 aliphatic heterocycles. The number of amides is 1. The van der Waals surface area contributed by atoms with Crippen LogP contribution in [-0.4, -0.2) is 37.1 Å². The minimum absolute atomic E-state index is 0.0334. The molecule has 0 aliphatic carbocycles. The van der Waals surface area contributed by atoms with Gasteiger partial charge in [-0.25, -0.2) is 8.42 Å². The van der Waals surface area contributed by atoms with E-state index in [4.69, 9.17) is 0 Å². The van der Waals surface area contributed by atoms with Crippen LogP contribution >= 0.6 is 11.3 Å². The Hall–Kier alpha value is -1.66. The minimum Gasteiger partial charge on any atom is -0.334 e. The van der Waals surface area contributed by atoms with Crippen LogP contribution in [0, 0.1) is 0 Å². The van der Waals surface area contributed by atoms with Crippen LogP contribution < -0.4 is 0 Å². The molecular formula is C19H25NO3S2. The van der Waals surface area contributed by atoms with Crippen molar-refractivity contribution in [3.63, 3.8) is 0 Å². The lowest BCUT2D eigenvalue weighted by Crippen LogP contribution is -2.42. The zero-order chi connectivity index (χ0) is 18.8. The molecule has 2 aromatic rings. The second-order valence-electron chi connectivity index (χ2n) is 6.47. The van der Waals surface area contributed by atoms with Gasteiger partial charge in [0.15, 0.2) is 9.84 Å². The average Bonchev–Trinajstić information content (AvgIpc) is 3.04. The zero-order valence-corrected chi connectivity index (χ0v) is 16.9. The number of carbonyl (C=O) groups excluding carboxylic acids is 1. The molecular weight excluding hydrogens is 354 g/mol. The molecule has 0 atom stereocenters. The van der Waals surface area contributed by atoms with Crippen molar-refractivity contribution in [3.8, 4) is 10.4 Å². The van der Waals surface area contributed by atoms with E-state index in [0.717, 1.165) is 10.4 Å². The van der Waals surface area contributed by atoms with Crippen LogP contribution in [0.25, 0.3) is 10.4 Å². The first-order valence-corrected chi connectivity index (χ1v) is 10.9. The predicted molar refractivity (Wildman–Crippen MR) is 104 cm³/mol. The SMILES string of the molecule is CCS(=O)(=O)c1ccc(-c2ccccc2C(=O)N(C(C)C)C(C)C)s1. The maximum absolute atomic E-state index is 13.1. The van der Waals surface area contributed by atoms with E-state index in [1.165, 1.54) is 11.3 Å². The summed E-state index contributed by atoms with van der Waals surface area (Å²) in [5, 5.41) is 0. The first kappa shape index (κ1) is 19.7. The molecule has 1 amide bonds. The van der Waals surface area contributed by atoms with Gasteiger partial charge in [-0.15, -0.1) is 11.3 Å². The van der Waals surface area contributed by atoms with Crippen LogP contribution in [0.4, 0.5) is 0 Å². The first-order chi connectivity index (χ1) is 11.7. The van der Waals surface area contributed by atoms with Crippen molar-refractivity contribution in [2.24, 2.45) is 0 Å². The van der Waals surface area contributed by atoms with Gasteiger partial charge >= 0.3 is 0 Å². The van der Waals surface area contributed by atoms with Gasteiger partial charge in [-0.1, -0.05) is 25.1 Å². The van der Waals surface area contributed by atoms with Gasteiger partial charge in [0, 0.05) is 28.1 Å². The van der Waals surface area contributed by atoms with Gasteiger partial charge in [0.2, 0.25) is 0 Å². The summed E-state index contributed by atoms with van der Waals surface area (Å²) >= 11 is 1.22. The predicted octanol–water partition coefficient (Wildman–Crippen LogP) is 4.47. The van der Waals surface area contributed by atoms with Gasteiger partial charge in [-0.2, -0.15) is 0 Å². The van der Waals surface area contributed by atoms with Crippen molar-refractivity contribution in [2.45, 2.75) is 50.9 Å². The van der Waals surface area contributed by atoms with Crippen molar-refractivity contribution < 1.29 is 13.2 Å². The Morgan fingerprint density at radius 2 is 1.64 bits per heavy atom. The van der Waals surface area contributed by atoms with E-state index in [1.807, 2.05) is 56.9 Å². The number of benzene rings is 1. The smallest absolute Gasteiger partial charge is 0.254 e. The van der Waals surface area contributed by atoms with Crippen LogP contribution in [-0.2, 0) is 9.84 Å². The monoisotopic (exact) mass is 379 g/mol. The quantitative estimate of drug-likeness (QED) is 0.744. The summed E-state index contributed by atoms with van der Waals surface area (Å²) in [6.45, 7) is 9.62. The number of sulfone groups is 1. The fourth-order valence-corrected chi connectivity index (χ4v) is 5.33. The zero-order valence-electron chi connectivity index (χ0n) is 15.3. The Bertz CT molecular complexity index is 843. The van der Waals surface area contributed by atoms with Gasteiger partial charge in [-0.05, 0) is 45.9 Å². The lowest BCUT2D eigenvalue weighted by molar-refractivity contribution is 0.0644. The molecule has 0 spiro atoms. The summed E-state index contributed by atoms with van der Waals surface area (Å²) in [5.41, 5.74) is 1.38. The molecule has 0 saturated carbocycles. The van der Waals surface area contributed by atoms with Crippen LogP contribution in [0.3, 0.4) is 0 Å². The molecule has 1 heterocycles. The van der Waals surface area contributed by atoms with Crippen molar-refractivity contribution >= 4 is 27.1 Å². The molecule has 0 fully saturated rings. The third-order valence-corrected chi connectivity index (χ3v) is 7.47. The van der Waals surface area contributed by atoms with Gasteiger partial charge in [-0.3, -0.25) is 4.79 Å². The van der Waals surface area contributed by atoms with Crippen LogP contribution in [0.2, 0.25) is 0 Å². The molecule has 6 heteroatoms. The van der Waals surface area contributed by atoms with Crippen molar-refractivity contribution in [1.82, 2.24) is 4.90 Å². The number of nitrogens with zero attached hydrogens (tertiary/aromatic N) is 1. The molecule has 136 valence electrons. The molecule has 0 aliphatic rings. The Labute approximate surface area is 154 Å². The summed E-state index contributed by atoms with van der Waals surface area (Å²) in [4.78, 5) is 15.7. The molecule has 1 aromatic heterocycles. The number of rotatable bonds is 6. The van der Waals surface area contributed by atoms with E-state index in [0.29, 0.717) is 9.77 Å². The average molecular weight is 380 g/mol. The van der Waals surface area contributed by atoms with Crippen molar-refractivity contribution in [1.29, 1.82) is 0 Å². The first-order valence-electron chi connectivity index (χ1n) is 8.43. The van der Waals surface area contributed by atoms with E-state index in [9.17, 15) is 13.2 Å². The molecule has 0 N–H and O–H groups in total. The Kier molecular flexibility index (Phi) is 6.06. The maximum atomic E-state index is 13.1. The fourth-order valence-electron chi connectivity index (χ4n) is 2.86. The molecule has 0 bridgehead atoms. The summed E-state index contributed by atoms with van der Waals surface area (Å²) < 4.78 is 24.5. The highest BCUT2D eigenvalue weighted by Crippen LogP contribution is 2.34. The van der Waals surface area contributed by atoms with Gasteiger partial charge in [0.05, 0.1) is 5.75 Å². The Morgan fingerprint density at radius 1 is 1.04 bits per heavy atom. The maximum Gasteiger partial charge on any atom is 0.254 e. The van der Waals surface area contributed by atoms with Gasteiger partial charge in [0.25, 0.3) is 5.91 Å². The summed E-state index contributed by atoms with van der Waals surface area (Å²) in [5.74, 6) is 0.0380. The normalized spacial score (nSPS) is 12.0. The van der Waals surface area contributed by atoms with Gasteiger partial charge in [0.1, 0.15) is 4.21 Å². The Balaban J connectivity index is 2.51. The number of thiophene rings is 1. The molecule has 4 nitrogen and oxygen atoms in total. The third kappa shape index (κ3) is 4.12. The molecule has 2 rings (SSSR count). The minimum atomic E-state index is -3.24. The summed E-state index contributed by atoms with van der Waals surface area (Å²) in [6, 6.07) is 11.0. The molecule has 25 heavy (non-hydrogen) atoms. The molecule has 0 radical (unpaired) electrons. The van der Waals surface area contributed by atoms with E-state index in [2.05, 4.69) is 0 Å². The lowest BCUT2D eigenvalue weighted by atomic mass is 10.0. The van der Waals surface area contributed by atoms with Gasteiger partial charge < -0.3 is 4.90 Å². The fraction of sp³-hybridized carbons (Fsp3) is 0.421. The standard InChI is InChI=1S/C19H25NO3S2/c1-6-25(22,23)18-12-11-17(24-18)15-9-7-8-10-16(15)19(21)20(13(2)3)14(4)5/h7-14H,6H2,1-5H3. The molecule has 0 saturated heterocycles. The highest BCUT2D eigenvalue weighted by Gasteiger charge is 2.25. The molecule has 1 aromatic carbocycles. The lowest BCUT2D eigenvalue weighted by Gasteiger charge is -2.31. The highest BCUT2D eigenvalue weighted by atomic mass is 32.2.